The molecule has 0 aliphatic rings. The molecule has 0 radical (unpaired) electrons. The molecule has 9 nitrogen and oxygen atoms in total. The number of carbonyl (C=O) groups excluding carboxylic acids is 2. The summed E-state index contributed by atoms with van der Waals surface area (Å²) in [5.74, 6) is -0.897. The molecule has 4 heterocycles. The summed E-state index contributed by atoms with van der Waals surface area (Å²) in [6, 6.07) is 3.39. The quantitative estimate of drug-likeness (QED) is 0.379. The van der Waals surface area contributed by atoms with Gasteiger partial charge in [0.15, 0.2) is 11.3 Å². The van der Waals surface area contributed by atoms with E-state index in [2.05, 4.69) is 36.4 Å². The standard InChI is InChI=1S/C21H21BrN6O3S/c1-5-27-10-13(22)18(26-27)15-7-8-23-16-9-14(25-28(15)16)19(29)24-20-17(21(30)31-6-2)11(3)12(4)32-20/h7-10H,5-6H2,1-4H3,(H,24,29). The number of fused-ring (bicyclic) bond motifs is 1. The summed E-state index contributed by atoms with van der Waals surface area (Å²) in [5, 5.41) is 12.3. The van der Waals surface area contributed by atoms with Crippen molar-refractivity contribution in [3.05, 3.63) is 50.7 Å². The van der Waals surface area contributed by atoms with E-state index in [1.165, 1.54) is 11.3 Å². The van der Waals surface area contributed by atoms with Crippen LogP contribution < -0.4 is 5.32 Å². The van der Waals surface area contributed by atoms with Gasteiger partial charge in [0, 0.05) is 29.9 Å². The third-order valence-corrected chi connectivity index (χ3v) is 6.67. The van der Waals surface area contributed by atoms with E-state index in [1.54, 1.807) is 34.5 Å². The van der Waals surface area contributed by atoms with Crippen LogP contribution in [-0.2, 0) is 11.3 Å². The first-order valence-electron chi connectivity index (χ1n) is 10.0. The lowest BCUT2D eigenvalue weighted by molar-refractivity contribution is 0.0527. The molecule has 0 saturated heterocycles. The van der Waals surface area contributed by atoms with Gasteiger partial charge in [-0.1, -0.05) is 0 Å². The molecule has 4 aromatic rings. The molecule has 4 rings (SSSR count). The summed E-state index contributed by atoms with van der Waals surface area (Å²) in [4.78, 5) is 30.7. The summed E-state index contributed by atoms with van der Waals surface area (Å²) in [6.45, 7) is 8.45. The van der Waals surface area contributed by atoms with Gasteiger partial charge in [-0.2, -0.15) is 10.2 Å². The molecular formula is C21H21BrN6O3S. The molecule has 1 amide bonds. The predicted molar refractivity (Wildman–Crippen MR) is 125 cm³/mol. The van der Waals surface area contributed by atoms with Crippen molar-refractivity contribution in [1.29, 1.82) is 0 Å². The molecule has 0 atom stereocenters. The number of anilines is 1. The first-order chi connectivity index (χ1) is 15.3. The molecule has 0 aromatic carbocycles. The maximum atomic E-state index is 13.0. The number of aromatic nitrogens is 5. The van der Waals surface area contributed by atoms with Gasteiger partial charge in [0.1, 0.15) is 10.7 Å². The lowest BCUT2D eigenvalue weighted by Gasteiger charge is -2.06. The molecule has 4 aromatic heterocycles. The highest BCUT2D eigenvalue weighted by molar-refractivity contribution is 9.10. The van der Waals surface area contributed by atoms with Gasteiger partial charge in [0.05, 0.1) is 22.3 Å². The minimum Gasteiger partial charge on any atom is -0.462 e. The van der Waals surface area contributed by atoms with Crippen LogP contribution in [0.5, 0.6) is 0 Å². The first-order valence-corrected chi connectivity index (χ1v) is 11.6. The summed E-state index contributed by atoms with van der Waals surface area (Å²) < 4.78 is 9.36. The van der Waals surface area contributed by atoms with Gasteiger partial charge in [-0.25, -0.2) is 14.3 Å². The Morgan fingerprint density at radius 3 is 2.72 bits per heavy atom. The molecule has 0 aliphatic heterocycles. The SMILES string of the molecule is CCOC(=O)c1c(NC(=O)c2cc3nccc(-c4nn(CC)cc4Br)n3n2)sc(C)c1C. The fourth-order valence-electron chi connectivity index (χ4n) is 3.25. The minimum absolute atomic E-state index is 0.175. The second-order valence-electron chi connectivity index (χ2n) is 6.97. The molecule has 0 unspecified atom stereocenters. The summed E-state index contributed by atoms with van der Waals surface area (Å²) in [7, 11) is 0. The zero-order valence-electron chi connectivity index (χ0n) is 18.0. The molecule has 166 valence electrons. The Balaban J connectivity index is 1.70. The molecule has 0 spiro atoms. The molecule has 0 fully saturated rings. The zero-order chi connectivity index (χ0) is 23.0. The van der Waals surface area contributed by atoms with Crippen LogP contribution in [0.4, 0.5) is 5.00 Å². The number of ether oxygens (including phenoxy) is 1. The van der Waals surface area contributed by atoms with E-state index in [-0.39, 0.29) is 12.3 Å². The molecule has 0 aliphatic carbocycles. The number of carbonyl (C=O) groups is 2. The molecule has 32 heavy (non-hydrogen) atoms. The van der Waals surface area contributed by atoms with E-state index in [1.807, 2.05) is 27.0 Å². The van der Waals surface area contributed by atoms with Crippen LogP contribution in [-0.4, -0.2) is 42.9 Å². The predicted octanol–water partition coefficient (Wildman–Crippen LogP) is 4.48. The van der Waals surface area contributed by atoms with Gasteiger partial charge >= 0.3 is 5.97 Å². The number of esters is 1. The van der Waals surface area contributed by atoms with Crippen molar-refractivity contribution in [1.82, 2.24) is 24.4 Å². The summed E-state index contributed by atoms with van der Waals surface area (Å²) in [6.07, 6.45) is 3.54. The van der Waals surface area contributed by atoms with E-state index in [4.69, 9.17) is 4.74 Å². The van der Waals surface area contributed by atoms with Crippen LogP contribution in [0.1, 0.15) is 45.1 Å². The maximum Gasteiger partial charge on any atom is 0.341 e. The Hall–Kier alpha value is -3.05. The number of nitrogens with one attached hydrogen (secondary N) is 1. The summed E-state index contributed by atoms with van der Waals surface area (Å²) in [5.41, 5.74) is 3.24. The number of halogens is 1. The first kappa shape index (κ1) is 22.2. The zero-order valence-corrected chi connectivity index (χ0v) is 20.4. The normalized spacial score (nSPS) is 11.2. The Morgan fingerprint density at radius 2 is 2.03 bits per heavy atom. The maximum absolute atomic E-state index is 13.0. The summed E-state index contributed by atoms with van der Waals surface area (Å²) >= 11 is 4.87. The van der Waals surface area contributed by atoms with Gasteiger partial charge < -0.3 is 10.1 Å². The highest BCUT2D eigenvalue weighted by Crippen LogP contribution is 2.33. The van der Waals surface area contributed by atoms with Gasteiger partial charge in [-0.3, -0.25) is 9.48 Å². The largest absolute Gasteiger partial charge is 0.462 e. The highest BCUT2D eigenvalue weighted by atomic mass is 79.9. The van der Waals surface area contributed by atoms with Crippen molar-refractivity contribution >= 4 is 49.8 Å². The second-order valence-corrected chi connectivity index (χ2v) is 9.05. The van der Waals surface area contributed by atoms with Crippen LogP contribution in [0.15, 0.2) is 29.0 Å². The van der Waals surface area contributed by atoms with Gasteiger partial charge in [-0.15, -0.1) is 11.3 Å². The fourth-order valence-corrected chi connectivity index (χ4v) is 4.81. The average Bonchev–Trinajstić information content (AvgIpc) is 3.43. The smallest absolute Gasteiger partial charge is 0.341 e. The van der Waals surface area contributed by atoms with Crippen LogP contribution >= 0.6 is 27.3 Å². The number of aryl methyl sites for hydroxylation is 2. The van der Waals surface area contributed by atoms with Crippen molar-refractivity contribution in [2.75, 3.05) is 11.9 Å². The van der Waals surface area contributed by atoms with Crippen LogP contribution in [0, 0.1) is 13.8 Å². The number of amides is 1. The van der Waals surface area contributed by atoms with E-state index >= 15 is 0 Å². The van der Waals surface area contributed by atoms with Gasteiger partial charge in [-0.05, 0) is 55.3 Å². The van der Waals surface area contributed by atoms with Crippen LogP contribution in [0.3, 0.4) is 0 Å². The topological polar surface area (TPSA) is 103 Å². The molecule has 11 heteroatoms. The van der Waals surface area contributed by atoms with E-state index in [9.17, 15) is 9.59 Å². The average molecular weight is 517 g/mol. The van der Waals surface area contributed by atoms with Crippen molar-refractivity contribution in [3.63, 3.8) is 0 Å². The second kappa shape index (κ2) is 8.83. The van der Waals surface area contributed by atoms with Crippen molar-refractivity contribution in [3.8, 4) is 11.4 Å². The minimum atomic E-state index is -0.458. The lowest BCUT2D eigenvalue weighted by atomic mass is 10.1. The molecule has 1 N–H and O–H groups in total. The Labute approximate surface area is 196 Å². The Kier molecular flexibility index (Phi) is 6.11. The number of nitrogens with zero attached hydrogens (tertiary/aromatic N) is 5. The third kappa shape index (κ3) is 3.93. The highest BCUT2D eigenvalue weighted by Gasteiger charge is 2.24. The van der Waals surface area contributed by atoms with Crippen LogP contribution in [0.25, 0.3) is 17.0 Å². The van der Waals surface area contributed by atoms with Crippen molar-refractivity contribution in [2.45, 2.75) is 34.2 Å². The Bertz CT molecular complexity index is 1340. The van der Waals surface area contributed by atoms with E-state index in [0.717, 1.165) is 21.5 Å². The Morgan fingerprint density at radius 1 is 1.25 bits per heavy atom. The monoisotopic (exact) mass is 516 g/mol. The number of thiophene rings is 1. The van der Waals surface area contributed by atoms with E-state index in [0.29, 0.717) is 27.6 Å². The van der Waals surface area contributed by atoms with Crippen molar-refractivity contribution < 1.29 is 14.3 Å². The van der Waals surface area contributed by atoms with Gasteiger partial charge in [0.25, 0.3) is 5.91 Å². The number of hydrogen-bond donors (Lipinski definition) is 1. The van der Waals surface area contributed by atoms with Crippen molar-refractivity contribution in [2.24, 2.45) is 0 Å². The molecular weight excluding hydrogens is 496 g/mol. The fraction of sp³-hybridized carbons (Fsp3) is 0.286. The third-order valence-electron chi connectivity index (χ3n) is 4.97. The molecule has 0 bridgehead atoms. The van der Waals surface area contributed by atoms with Gasteiger partial charge in [0.2, 0.25) is 0 Å². The lowest BCUT2D eigenvalue weighted by Crippen LogP contribution is -2.15. The van der Waals surface area contributed by atoms with E-state index < -0.39 is 11.9 Å². The number of hydrogen-bond acceptors (Lipinski definition) is 7. The van der Waals surface area contributed by atoms with Crippen LogP contribution in [0.2, 0.25) is 0 Å². The molecule has 0 saturated carbocycles. The number of rotatable bonds is 6.